The zero-order valence-corrected chi connectivity index (χ0v) is 22.2. The summed E-state index contributed by atoms with van der Waals surface area (Å²) in [5.74, 6) is 1.61. The van der Waals surface area contributed by atoms with E-state index in [2.05, 4.69) is 15.2 Å². The Morgan fingerprint density at radius 1 is 1.28 bits per heavy atom. The molecule has 0 amide bonds. The summed E-state index contributed by atoms with van der Waals surface area (Å²) in [6.45, 7) is 10.2. The number of benzene rings is 1. The number of amidine groups is 1. The Balaban J connectivity index is 1.34. The van der Waals surface area contributed by atoms with Gasteiger partial charge in [-0.25, -0.2) is 9.38 Å². The van der Waals surface area contributed by atoms with E-state index in [0.717, 1.165) is 36.5 Å². The van der Waals surface area contributed by atoms with Crippen molar-refractivity contribution < 1.29 is 23.2 Å². The summed E-state index contributed by atoms with van der Waals surface area (Å²) in [6, 6.07) is 1.86. The van der Waals surface area contributed by atoms with Crippen molar-refractivity contribution in [1.82, 2.24) is 9.80 Å². The maximum atomic E-state index is 14.3. The van der Waals surface area contributed by atoms with E-state index in [0.29, 0.717) is 48.4 Å². The molecule has 3 fully saturated rings. The molecule has 36 heavy (non-hydrogen) atoms. The molecular weight excluding hydrogens is 486 g/mol. The number of anilines is 1. The molecule has 8 nitrogen and oxygen atoms in total. The van der Waals surface area contributed by atoms with Gasteiger partial charge in [-0.3, -0.25) is 4.90 Å². The molecule has 0 aliphatic carbocycles. The molecule has 11 heteroatoms. The second-order valence-corrected chi connectivity index (χ2v) is 11.8. The lowest BCUT2D eigenvalue weighted by Crippen LogP contribution is -2.42. The highest BCUT2D eigenvalue weighted by atomic mass is 35.5. The van der Waals surface area contributed by atoms with E-state index in [1.54, 1.807) is 6.20 Å². The van der Waals surface area contributed by atoms with E-state index in [-0.39, 0.29) is 5.54 Å². The molecule has 0 bridgehead atoms. The molecule has 0 radical (unpaired) electrons. The van der Waals surface area contributed by atoms with Crippen molar-refractivity contribution in [2.24, 2.45) is 4.99 Å². The summed E-state index contributed by atoms with van der Waals surface area (Å²) in [5.41, 5.74) is 0.863. The van der Waals surface area contributed by atoms with Crippen LogP contribution in [0.2, 0.25) is 5.02 Å². The minimum absolute atomic E-state index is 0.275. The average molecular weight is 519 g/mol. The molecule has 0 saturated carbocycles. The summed E-state index contributed by atoms with van der Waals surface area (Å²) >= 11 is 6.93. The Hall–Kier alpha value is -2.01. The molecule has 3 saturated heterocycles. The van der Waals surface area contributed by atoms with Crippen LogP contribution < -0.4 is 15.5 Å². The maximum absolute atomic E-state index is 14.3. The van der Waals surface area contributed by atoms with Gasteiger partial charge in [-0.05, 0) is 53.1 Å². The highest BCUT2D eigenvalue weighted by Gasteiger charge is 2.53. The Kier molecular flexibility index (Phi) is 5.58. The largest absolute Gasteiger partial charge is 0.496 e. The third-order valence-corrected chi connectivity index (χ3v) is 8.97. The summed E-state index contributed by atoms with van der Waals surface area (Å²) in [4.78, 5) is 8.77. The van der Waals surface area contributed by atoms with Crippen LogP contribution in [-0.4, -0.2) is 79.1 Å². The van der Waals surface area contributed by atoms with Crippen molar-refractivity contribution in [1.29, 1.82) is 0 Å². The molecule has 1 N–H and O–H groups in total. The summed E-state index contributed by atoms with van der Waals surface area (Å²) < 4.78 is 39.5. The third-order valence-electron chi connectivity index (χ3n) is 8.56. The molecule has 5 aliphatic rings. The van der Waals surface area contributed by atoms with E-state index in [4.69, 9.17) is 30.4 Å². The first-order valence-electron chi connectivity index (χ1n) is 12.6. The predicted molar refractivity (Wildman–Crippen MR) is 138 cm³/mol. The van der Waals surface area contributed by atoms with Crippen molar-refractivity contribution in [3.05, 3.63) is 28.8 Å². The van der Waals surface area contributed by atoms with Gasteiger partial charge in [-0.1, -0.05) is 11.6 Å². The fraction of sp³-hybridized carbons (Fsp3) is 0.640. The Morgan fingerprint density at radius 2 is 2.03 bits per heavy atom. The van der Waals surface area contributed by atoms with Gasteiger partial charge in [0, 0.05) is 25.5 Å². The van der Waals surface area contributed by atoms with Gasteiger partial charge < -0.3 is 29.0 Å². The molecule has 0 unspecified atom stereocenters. The van der Waals surface area contributed by atoms with Gasteiger partial charge in [-0.2, -0.15) is 0 Å². The number of alkyl halides is 1. The van der Waals surface area contributed by atoms with Crippen LogP contribution in [-0.2, 0) is 14.0 Å². The molecule has 0 aromatic heterocycles. The lowest BCUT2D eigenvalue weighted by atomic mass is 9.77. The lowest BCUT2D eigenvalue weighted by Gasteiger charge is -2.32. The second-order valence-electron chi connectivity index (χ2n) is 11.5. The van der Waals surface area contributed by atoms with Gasteiger partial charge in [0.15, 0.2) is 0 Å². The Bertz CT molecular complexity index is 1150. The number of rotatable bonds is 4. The van der Waals surface area contributed by atoms with Crippen molar-refractivity contribution >= 4 is 35.7 Å². The molecule has 194 valence electrons. The second kappa shape index (κ2) is 8.25. The molecule has 5 heterocycles. The number of aliphatic imine (C=N–C) groups is 1. The number of hydrogen-bond acceptors (Lipinski definition) is 8. The van der Waals surface area contributed by atoms with Crippen LogP contribution in [0.3, 0.4) is 0 Å². The summed E-state index contributed by atoms with van der Waals surface area (Å²) in [5, 5.41) is 3.81. The van der Waals surface area contributed by atoms with Crippen molar-refractivity contribution in [2.45, 2.75) is 69.9 Å². The van der Waals surface area contributed by atoms with Crippen LogP contribution >= 0.6 is 11.6 Å². The van der Waals surface area contributed by atoms with Crippen LogP contribution in [0.4, 0.5) is 10.1 Å². The predicted octanol–water partition coefficient (Wildman–Crippen LogP) is 3.48. The minimum Gasteiger partial charge on any atom is -0.462 e. The zero-order chi connectivity index (χ0) is 25.5. The first kappa shape index (κ1) is 24.3. The Labute approximate surface area is 216 Å². The maximum Gasteiger partial charge on any atom is 0.496 e. The van der Waals surface area contributed by atoms with Crippen molar-refractivity contribution in [3.8, 4) is 5.75 Å². The van der Waals surface area contributed by atoms with E-state index < -0.39 is 24.5 Å². The van der Waals surface area contributed by atoms with Crippen LogP contribution in [0.25, 0.3) is 0 Å². The summed E-state index contributed by atoms with van der Waals surface area (Å²) in [7, 11) is 1.25. The molecule has 1 aromatic rings. The zero-order valence-electron chi connectivity index (χ0n) is 21.5. The first-order chi connectivity index (χ1) is 17.0. The smallest absolute Gasteiger partial charge is 0.462 e. The van der Waals surface area contributed by atoms with Gasteiger partial charge in [0.1, 0.15) is 31.0 Å². The van der Waals surface area contributed by atoms with Crippen LogP contribution in [0, 0.1) is 0 Å². The van der Waals surface area contributed by atoms with Gasteiger partial charge in [-0.15, -0.1) is 0 Å². The van der Waals surface area contributed by atoms with Gasteiger partial charge >= 0.3 is 13.1 Å². The Morgan fingerprint density at radius 3 is 2.78 bits per heavy atom. The SMILES string of the molecule is CN1C=C(OC[C@@]23CCCN2C[C@H](F)C3)Oc2cc(B3OC(C)(C)C(C)(C)O3)c(Cl)c3c2C1=NCN3. The molecular formula is C25H33BClFN4O4. The van der Waals surface area contributed by atoms with E-state index in [9.17, 15) is 4.39 Å². The van der Waals surface area contributed by atoms with Crippen LogP contribution in [0.5, 0.6) is 5.75 Å². The number of nitrogens with one attached hydrogen (secondary N) is 1. The van der Waals surface area contributed by atoms with E-state index in [1.807, 2.05) is 45.7 Å². The van der Waals surface area contributed by atoms with E-state index in [1.165, 1.54) is 0 Å². The van der Waals surface area contributed by atoms with Crippen molar-refractivity contribution in [3.63, 3.8) is 0 Å². The number of nitrogens with zero attached hydrogens (tertiary/aromatic N) is 3. The van der Waals surface area contributed by atoms with Gasteiger partial charge in [0.05, 0.1) is 39.2 Å². The summed E-state index contributed by atoms with van der Waals surface area (Å²) in [6.07, 6.45) is 3.45. The van der Waals surface area contributed by atoms with E-state index >= 15 is 0 Å². The minimum atomic E-state index is -0.813. The first-order valence-corrected chi connectivity index (χ1v) is 13.0. The quantitative estimate of drug-likeness (QED) is 0.612. The highest BCUT2D eigenvalue weighted by Crippen LogP contribution is 2.43. The normalized spacial score (nSPS) is 30.1. The lowest BCUT2D eigenvalue weighted by molar-refractivity contribution is 0.00578. The third kappa shape index (κ3) is 3.71. The number of ether oxygens (including phenoxy) is 2. The average Bonchev–Trinajstić information content (AvgIpc) is 3.36. The standard InChI is InChI=1S/C25H33BClFN4O4/c1-23(2)24(3,4)36-26(35-23)16-9-17-19-21(20(16)27)29-14-30-22(19)31(5)12-18(34-17)33-13-25-7-6-8-32(25)11-15(28)10-25/h9,12,15,29H,6-8,10-11,13-14H2,1-5H3/t15-,25+/m1/s1. The van der Waals surface area contributed by atoms with Crippen molar-refractivity contribution in [2.75, 3.05) is 38.7 Å². The molecule has 0 spiro atoms. The number of halogens is 2. The number of fused-ring (bicyclic) bond motifs is 1. The topological polar surface area (TPSA) is 67.8 Å². The van der Waals surface area contributed by atoms with Crippen LogP contribution in [0.15, 0.2) is 23.2 Å². The molecule has 1 aromatic carbocycles. The van der Waals surface area contributed by atoms with Crippen LogP contribution in [0.1, 0.15) is 52.5 Å². The molecule has 5 aliphatic heterocycles. The fourth-order valence-corrected chi connectivity index (χ4v) is 6.20. The van der Waals surface area contributed by atoms with Gasteiger partial charge in [0.2, 0.25) is 0 Å². The van der Waals surface area contributed by atoms with Gasteiger partial charge in [0.25, 0.3) is 0 Å². The molecule has 6 rings (SSSR count). The molecule has 2 atom stereocenters. The number of hydrogen-bond donors (Lipinski definition) is 1. The monoisotopic (exact) mass is 518 g/mol. The fourth-order valence-electron chi connectivity index (χ4n) is 5.90. The highest BCUT2D eigenvalue weighted by molar-refractivity contribution is 6.66.